The highest BCUT2D eigenvalue weighted by Crippen LogP contribution is 2.34. The molecule has 0 heterocycles. The normalized spacial score (nSPS) is 23.2. The third kappa shape index (κ3) is 4.73. The van der Waals surface area contributed by atoms with Crippen LogP contribution in [-0.2, 0) is 12.6 Å². The Bertz CT molecular complexity index is 442. The van der Waals surface area contributed by atoms with E-state index in [1.165, 1.54) is 31.4 Å². The first kappa shape index (κ1) is 16.3. The van der Waals surface area contributed by atoms with Crippen molar-refractivity contribution in [2.45, 2.75) is 45.2 Å². The molecule has 2 unspecified atom stereocenters. The van der Waals surface area contributed by atoms with Crippen molar-refractivity contribution in [3.05, 3.63) is 35.4 Å². The van der Waals surface area contributed by atoms with Crippen LogP contribution >= 0.6 is 0 Å². The molecule has 4 heteroatoms. The molecule has 0 bridgehead atoms. The summed E-state index contributed by atoms with van der Waals surface area (Å²) in [4.78, 5) is 0. The first-order chi connectivity index (χ1) is 10.0. The molecule has 1 fully saturated rings. The zero-order valence-corrected chi connectivity index (χ0v) is 12.5. The van der Waals surface area contributed by atoms with Crippen LogP contribution < -0.4 is 5.32 Å². The first-order valence-electron chi connectivity index (χ1n) is 7.87. The van der Waals surface area contributed by atoms with Crippen LogP contribution in [0.1, 0.15) is 43.7 Å². The summed E-state index contributed by atoms with van der Waals surface area (Å²) in [6.07, 6.45) is 1.29. The Morgan fingerprint density at radius 2 is 1.86 bits per heavy atom. The van der Waals surface area contributed by atoms with Gasteiger partial charge in [0.15, 0.2) is 0 Å². The van der Waals surface area contributed by atoms with Crippen molar-refractivity contribution < 1.29 is 13.2 Å². The van der Waals surface area contributed by atoms with Crippen molar-refractivity contribution in [1.29, 1.82) is 0 Å². The fraction of sp³-hybridized carbons (Fsp3) is 0.647. The van der Waals surface area contributed by atoms with E-state index in [1.807, 2.05) is 6.07 Å². The van der Waals surface area contributed by atoms with Gasteiger partial charge < -0.3 is 5.32 Å². The van der Waals surface area contributed by atoms with E-state index in [4.69, 9.17) is 0 Å². The van der Waals surface area contributed by atoms with E-state index in [1.54, 1.807) is 0 Å². The van der Waals surface area contributed by atoms with Gasteiger partial charge in [0.1, 0.15) is 0 Å². The summed E-state index contributed by atoms with van der Waals surface area (Å²) in [5.41, 5.74) is 0.289. The molecule has 1 aliphatic rings. The van der Waals surface area contributed by atoms with Crippen LogP contribution in [0.4, 0.5) is 13.2 Å². The molecule has 118 valence electrons. The maximum Gasteiger partial charge on any atom is 0.416 e. The van der Waals surface area contributed by atoms with Crippen LogP contribution in [0, 0.1) is 11.8 Å². The quantitative estimate of drug-likeness (QED) is 0.833. The summed E-state index contributed by atoms with van der Waals surface area (Å²) in [5.74, 6) is 1.09. The fourth-order valence-electron chi connectivity index (χ4n) is 3.33. The maximum atomic E-state index is 12.8. The Balaban J connectivity index is 2.05. The molecule has 1 N–H and O–H groups in total. The molecule has 0 aromatic heterocycles. The lowest BCUT2D eigenvalue weighted by molar-refractivity contribution is -0.137. The number of nitrogens with one attached hydrogen (secondary N) is 1. The number of alkyl halides is 3. The van der Waals surface area contributed by atoms with Gasteiger partial charge in [0.05, 0.1) is 5.56 Å². The highest BCUT2D eigenvalue weighted by atomic mass is 19.4. The lowest BCUT2D eigenvalue weighted by Crippen LogP contribution is -2.31. The van der Waals surface area contributed by atoms with Gasteiger partial charge in [0.25, 0.3) is 0 Å². The predicted molar refractivity (Wildman–Crippen MR) is 79.1 cm³/mol. The molecule has 0 amide bonds. The van der Waals surface area contributed by atoms with Gasteiger partial charge in [0.2, 0.25) is 0 Å². The second kappa shape index (κ2) is 7.30. The largest absolute Gasteiger partial charge is 0.416 e. The Hall–Kier alpha value is -1.03. The summed E-state index contributed by atoms with van der Waals surface area (Å²) in [7, 11) is 0. The second-order valence-electron chi connectivity index (χ2n) is 6.01. The molecule has 1 saturated carbocycles. The summed E-state index contributed by atoms with van der Waals surface area (Å²) < 4.78 is 38.3. The van der Waals surface area contributed by atoms with E-state index in [9.17, 15) is 13.2 Å². The lowest BCUT2D eigenvalue weighted by Gasteiger charge is -2.32. The highest BCUT2D eigenvalue weighted by Gasteiger charge is 2.31. The second-order valence-corrected chi connectivity index (χ2v) is 6.01. The van der Waals surface area contributed by atoms with Crippen LogP contribution in [-0.4, -0.2) is 13.1 Å². The van der Waals surface area contributed by atoms with Gasteiger partial charge in [-0.3, -0.25) is 0 Å². The molecule has 1 aliphatic carbocycles. The predicted octanol–water partition coefficient (Wildman–Crippen LogP) is 4.66. The Morgan fingerprint density at radius 3 is 2.52 bits per heavy atom. The van der Waals surface area contributed by atoms with E-state index in [0.29, 0.717) is 11.8 Å². The average Bonchev–Trinajstić information content (AvgIpc) is 2.46. The fourth-order valence-corrected chi connectivity index (χ4v) is 3.33. The molecule has 1 aromatic carbocycles. The van der Waals surface area contributed by atoms with E-state index >= 15 is 0 Å². The number of halogens is 3. The molecule has 2 atom stereocenters. The minimum Gasteiger partial charge on any atom is -0.317 e. The summed E-state index contributed by atoms with van der Waals surface area (Å²) in [6, 6.07) is 5.83. The molecular weight excluding hydrogens is 275 g/mol. The summed E-state index contributed by atoms with van der Waals surface area (Å²) in [6.45, 7) is 4.03. The minimum atomic E-state index is -4.24. The third-order valence-corrected chi connectivity index (χ3v) is 4.48. The molecular formula is C17H24F3N. The SMILES string of the molecule is CCNCC1CCCCC1Cc1cccc(C(F)(F)F)c1. The third-order valence-electron chi connectivity index (χ3n) is 4.48. The lowest BCUT2D eigenvalue weighted by atomic mass is 9.76. The van der Waals surface area contributed by atoms with Crippen molar-refractivity contribution in [3.63, 3.8) is 0 Å². The Morgan fingerprint density at radius 1 is 1.14 bits per heavy atom. The van der Waals surface area contributed by atoms with Crippen molar-refractivity contribution in [2.24, 2.45) is 11.8 Å². The molecule has 2 rings (SSSR count). The standard InChI is InChI=1S/C17H24F3N/c1-2-21-12-15-8-4-3-7-14(15)10-13-6-5-9-16(11-13)17(18,19)20/h5-6,9,11,14-15,21H,2-4,7-8,10,12H2,1H3. The molecule has 21 heavy (non-hydrogen) atoms. The summed E-state index contributed by atoms with van der Waals surface area (Å²) in [5, 5.41) is 3.39. The molecule has 0 radical (unpaired) electrons. The maximum absolute atomic E-state index is 12.8. The zero-order valence-electron chi connectivity index (χ0n) is 12.5. The number of rotatable bonds is 5. The van der Waals surface area contributed by atoms with Gasteiger partial charge in [-0.15, -0.1) is 0 Å². The highest BCUT2D eigenvalue weighted by molar-refractivity contribution is 5.26. The first-order valence-corrected chi connectivity index (χ1v) is 7.87. The Kier molecular flexibility index (Phi) is 5.68. The van der Waals surface area contributed by atoms with Crippen LogP contribution in [0.25, 0.3) is 0 Å². The van der Waals surface area contributed by atoms with Crippen molar-refractivity contribution in [3.8, 4) is 0 Å². The molecule has 1 aromatic rings. The van der Waals surface area contributed by atoms with Crippen LogP contribution in [0.15, 0.2) is 24.3 Å². The van der Waals surface area contributed by atoms with Gasteiger partial charge in [-0.25, -0.2) is 0 Å². The molecule has 1 nitrogen and oxygen atoms in total. The van der Waals surface area contributed by atoms with Gasteiger partial charge in [-0.1, -0.05) is 38.0 Å². The Labute approximate surface area is 124 Å². The van der Waals surface area contributed by atoms with E-state index in [0.717, 1.165) is 37.6 Å². The van der Waals surface area contributed by atoms with Crippen LogP contribution in [0.2, 0.25) is 0 Å². The number of benzene rings is 1. The van der Waals surface area contributed by atoms with Gasteiger partial charge >= 0.3 is 6.18 Å². The molecule has 0 spiro atoms. The monoisotopic (exact) mass is 299 g/mol. The van der Waals surface area contributed by atoms with Gasteiger partial charge in [-0.2, -0.15) is 13.2 Å². The van der Waals surface area contributed by atoms with Gasteiger partial charge in [-0.05, 0) is 55.8 Å². The summed E-state index contributed by atoms with van der Waals surface area (Å²) >= 11 is 0. The van der Waals surface area contributed by atoms with Crippen LogP contribution in [0.3, 0.4) is 0 Å². The average molecular weight is 299 g/mol. The number of hydrogen-bond acceptors (Lipinski definition) is 1. The van der Waals surface area contributed by atoms with Crippen molar-refractivity contribution >= 4 is 0 Å². The van der Waals surface area contributed by atoms with E-state index in [-0.39, 0.29) is 0 Å². The number of hydrogen-bond donors (Lipinski definition) is 1. The van der Waals surface area contributed by atoms with Crippen molar-refractivity contribution in [1.82, 2.24) is 5.32 Å². The topological polar surface area (TPSA) is 12.0 Å². The molecule has 0 saturated heterocycles. The van der Waals surface area contributed by atoms with Gasteiger partial charge in [0, 0.05) is 0 Å². The van der Waals surface area contributed by atoms with Crippen LogP contribution in [0.5, 0.6) is 0 Å². The van der Waals surface area contributed by atoms with E-state index < -0.39 is 11.7 Å². The smallest absolute Gasteiger partial charge is 0.317 e. The zero-order chi connectivity index (χ0) is 15.3. The van der Waals surface area contributed by atoms with Crippen molar-refractivity contribution in [2.75, 3.05) is 13.1 Å². The van der Waals surface area contributed by atoms with E-state index in [2.05, 4.69) is 12.2 Å². The molecule has 0 aliphatic heterocycles. The minimum absolute atomic E-state index is 0.501.